The van der Waals surface area contributed by atoms with E-state index in [9.17, 15) is 14.9 Å². The molecule has 1 rings (SSSR count). The Morgan fingerprint density at radius 2 is 2.20 bits per heavy atom. The van der Waals surface area contributed by atoms with Crippen LogP contribution in [0.25, 0.3) is 0 Å². The molecule has 8 nitrogen and oxygen atoms in total. The van der Waals surface area contributed by atoms with Crippen molar-refractivity contribution in [2.24, 2.45) is 13.0 Å². The molecule has 1 aromatic rings. The summed E-state index contributed by atoms with van der Waals surface area (Å²) in [4.78, 5) is 23.3. The minimum Gasteiger partial charge on any atom is -0.481 e. The Kier molecular flexibility index (Phi) is 5.06. The lowest BCUT2D eigenvalue weighted by atomic mass is 10.1. The summed E-state index contributed by atoms with van der Waals surface area (Å²) in [6.07, 6.45) is 1.28. The number of aliphatic carboxylic acids is 1. The van der Waals surface area contributed by atoms with Crippen LogP contribution in [0.4, 0.5) is 11.5 Å². The smallest absolute Gasteiger partial charge is 0.334 e. The second-order valence-electron chi connectivity index (χ2n) is 4.87. The lowest BCUT2D eigenvalue weighted by molar-refractivity contribution is -0.384. The van der Waals surface area contributed by atoms with E-state index >= 15 is 0 Å². The van der Waals surface area contributed by atoms with Gasteiger partial charge in [0.25, 0.3) is 0 Å². The number of anilines is 1. The third-order valence-electron chi connectivity index (χ3n) is 3.06. The highest BCUT2D eigenvalue weighted by Gasteiger charge is 2.29. The Hall–Kier alpha value is -2.12. The number of hydrogen-bond acceptors (Lipinski definition) is 5. The number of hydrogen-bond donors (Lipinski definition) is 1. The molecule has 8 heteroatoms. The number of aromatic nitrogens is 2. The van der Waals surface area contributed by atoms with Gasteiger partial charge >= 0.3 is 11.7 Å². The molecule has 1 aromatic heterocycles. The van der Waals surface area contributed by atoms with Crippen LogP contribution in [0.1, 0.15) is 26.0 Å². The Bertz CT molecular complexity index is 512. The second kappa shape index (κ2) is 6.36. The van der Waals surface area contributed by atoms with Crippen LogP contribution in [0, 0.1) is 16.0 Å². The first-order valence-electron chi connectivity index (χ1n) is 6.43. The molecule has 0 aliphatic heterocycles. The quantitative estimate of drug-likeness (QED) is 0.600. The van der Waals surface area contributed by atoms with E-state index in [-0.39, 0.29) is 12.2 Å². The molecule has 0 saturated heterocycles. The zero-order chi connectivity index (χ0) is 15.4. The highest BCUT2D eigenvalue weighted by molar-refractivity contribution is 5.71. The third-order valence-corrected chi connectivity index (χ3v) is 3.06. The number of carboxylic acid groups (broad SMARTS) is 1. The summed E-state index contributed by atoms with van der Waals surface area (Å²) in [7, 11) is 3.27. The summed E-state index contributed by atoms with van der Waals surface area (Å²) in [6, 6.07) is 0. The summed E-state index contributed by atoms with van der Waals surface area (Å²) in [5.41, 5.74) is 0.402. The number of nitrogens with zero attached hydrogens (tertiary/aromatic N) is 4. The third kappa shape index (κ3) is 3.25. The molecule has 0 spiro atoms. The molecule has 0 fully saturated rings. The average Bonchev–Trinajstić information content (AvgIpc) is 2.66. The second-order valence-corrected chi connectivity index (χ2v) is 4.87. The summed E-state index contributed by atoms with van der Waals surface area (Å²) < 4.78 is 1.44. The van der Waals surface area contributed by atoms with E-state index < -0.39 is 16.8 Å². The fraction of sp³-hybridized carbons (Fsp3) is 0.667. The first-order valence-corrected chi connectivity index (χ1v) is 6.43. The van der Waals surface area contributed by atoms with Gasteiger partial charge in [-0.1, -0.05) is 20.3 Å². The van der Waals surface area contributed by atoms with Crippen LogP contribution >= 0.6 is 0 Å². The molecule has 0 bridgehead atoms. The molecule has 1 heterocycles. The summed E-state index contributed by atoms with van der Waals surface area (Å²) in [5, 5.41) is 24.4. The van der Waals surface area contributed by atoms with Crippen LogP contribution in [-0.2, 0) is 18.3 Å². The molecular formula is C12H20N4O4. The van der Waals surface area contributed by atoms with Crippen molar-refractivity contribution in [3.8, 4) is 0 Å². The zero-order valence-electron chi connectivity index (χ0n) is 12.2. The molecule has 0 saturated carbocycles. The lowest BCUT2D eigenvalue weighted by Gasteiger charge is -2.20. The van der Waals surface area contributed by atoms with Crippen molar-refractivity contribution >= 4 is 17.5 Å². The van der Waals surface area contributed by atoms with Crippen molar-refractivity contribution in [3.63, 3.8) is 0 Å². The van der Waals surface area contributed by atoms with E-state index in [1.54, 1.807) is 25.9 Å². The first-order chi connectivity index (χ1) is 9.29. The van der Waals surface area contributed by atoms with E-state index in [4.69, 9.17) is 5.11 Å². The molecule has 0 aliphatic rings. The van der Waals surface area contributed by atoms with E-state index in [1.807, 2.05) is 6.92 Å². The van der Waals surface area contributed by atoms with Crippen molar-refractivity contribution in [3.05, 3.63) is 15.8 Å². The van der Waals surface area contributed by atoms with Crippen LogP contribution in [-0.4, -0.2) is 39.4 Å². The Balaban J connectivity index is 3.15. The van der Waals surface area contributed by atoms with Gasteiger partial charge in [-0.25, -0.2) is 4.68 Å². The predicted octanol–water partition coefficient (Wildman–Crippen LogP) is 1.44. The Labute approximate surface area is 117 Å². The van der Waals surface area contributed by atoms with Gasteiger partial charge < -0.3 is 10.0 Å². The molecule has 1 unspecified atom stereocenters. The SMILES string of the molecule is CCCc1nn(C)c(N(C)CC(C)C(=O)O)c1[N+](=O)[O-]. The van der Waals surface area contributed by atoms with E-state index in [1.165, 1.54) is 4.68 Å². The normalized spacial score (nSPS) is 12.2. The minimum absolute atomic E-state index is 0.0329. The van der Waals surface area contributed by atoms with E-state index in [2.05, 4.69) is 5.10 Å². The van der Waals surface area contributed by atoms with Crippen LogP contribution in [0.3, 0.4) is 0 Å². The molecule has 0 radical (unpaired) electrons. The maximum absolute atomic E-state index is 11.3. The lowest BCUT2D eigenvalue weighted by Crippen LogP contribution is -2.30. The van der Waals surface area contributed by atoms with Gasteiger partial charge in [-0.2, -0.15) is 5.10 Å². The fourth-order valence-electron chi connectivity index (χ4n) is 2.15. The van der Waals surface area contributed by atoms with Crippen LogP contribution in [0.2, 0.25) is 0 Å². The zero-order valence-corrected chi connectivity index (χ0v) is 12.2. The van der Waals surface area contributed by atoms with Gasteiger partial charge in [-0.15, -0.1) is 0 Å². The molecular weight excluding hydrogens is 264 g/mol. The molecule has 1 atom stereocenters. The van der Waals surface area contributed by atoms with Gasteiger partial charge in [0.15, 0.2) is 0 Å². The average molecular weight is 284 g/mol. The summed E-state index contributed by atoms with van der Waals surface area (Å²) >= 11 is 0. The van der Waals surface area contributed by atoms with Crippen LogP contribution in [0.5, 0.6) is 0 Å². The Morgan fingerprint density at radius 3 is 2.65 bits per heavy atom. The fourth-order valence-corrected chi connectivity index (χ4v) is 2.15. The maximum atomic E-state index is 11.3. The standard InChI is InChI=1S/C12H20N4O4/c1-5-6-9-10(16(19)20)11(15(4)13-9)14(3)7-8(2)12(17)18/h8H,5-7H2,1-4H3,(H,17,18). The summed E-state index contributed by atoms with van der Waals surface area (Å²) in [5.74, 6) is -1.22. The number of carbonyl (C=O) groups is 1. The van der Waals surface area contributed by atoms with Gasteiger partial charge in [0.05, 0.1) is 10.8 Å². The number of rotatable bonds is 7. The number of carboxylic acids is 1. The highest BCUT2D eigenvalue weighted by atomic mass is 16.6. The molecule has 112 valence electrons. The van der Waals surface area contributed by atoms with Crippen molar-refractivity contribution in [1.29, 1.82) is 0 Å². The predicted molar refractivity (Wildman–Crippen MR) is 73.9 cm³/mol. The van der Waals surface area contributed by atoms with Crippen LogP contribution < -0.4 is 4.90 Å². The topological polar surface area (TPSA) is 102 Å². The van der Waals surface area contributed by atoms with Crippen molar-refractivity contribution in [2.75, 3.05) is 18.5 Å². The highest BCUT2D eigenvalue weighted by Crippen LogP contribution is 2.31. The van der Waals surface area contributed by atoms with Crippen molar-refractivity contribution in [1.82, 2.24) is 9.78 Å². The molecule has 20 heavy (non-hydrogen) atoms. The van der Waals surface area contributed by atoms with Gasteiger partial charge in [-0.3, -0.25) is 14.9 Å². The van der Waals surface area contributed by atoms with E-state index in [0.717, 1.165) is 6.42 Å². The molecule has 1 N–H and O–H groups in total. The van der Waals surface area contributed by atoms with Crippen molar-refractivity contribution < 1.29 is 14.8 Å². The van der Waals surface area contributed by atoms with Crippen molar-refractivity contribution in [2.45, 2.75) is 26.7 Å². The molecule has 0 amide bonds. The number of nitro groups is 1. The van der Waals surface area contributed by atoms with Crippen LogP contribution in [0.15, 0.2) is 0 Å². The van der Waals surface area contributed by atoms with Gasteiger partial charge in [0.1, 0.15) is 5.69 Å². The Morgan fingerprint density at radius 1 is 1.60 bits per heavy atom. The minimum atomic E-state index is -0.935. The summed E-state index contributed by atoms with van der Waals surface area (Å²) in [6.45, 7) is 3.67. The maximum Gasteiger partial charge on any atom is 0.334 e. The van der Waals surface area contributed by atoms with Gasteiger partial charge in [-0.05, 0) is 6.42 Å². The first kappa shape index (κ1) is 15.9. The van der Waals surface area contributed by atoms with Gasteiger partial charge in [0, 0.05) is 20.6 Å². The van der Waals surface area contributed by atoms with Gasteiger partial charge in [0.2, 0.25) is 5.82 Å². The molecule has 0 aromatic carbocycles. The largest absolute Gasteiger partial charge is 0.481 e. The van der Waals surface area contributed by atoms with E-state index in [0.29, 0.717) is 17.9 Å². The molecule has 0 aliphatic carbocycles. The monoisotopic (exact) mass is 284 g/mol. The number of aryl methyl sites for hydroxylation is 2.